The molecule has 2 atom stereocenters. The normalized spacial score (nSPS) is 13.4. The number of nitrogens with zero attached hydrogens (tertiary/aromatic N) is 1. The van der Waals surface area contributed by atoms with Gasteiger partial charge in [-0.3, -0.25) is 9.59 Å². The van der Waals surface area contributed by atoms with Crippen molar-refractivity contribution in [1.82, 2.24) is 0 Å². The maximum absolute atomic E-state index is 12.7. The highest BCUT2D eigenvalue weighted by molar-refractivity contribution is 5.70. The maximum Gasteiger partial charge on any atom is 0.306 e. The van der Waals surface area contributed by atoms with Crippen LogP contribution >= 0.6 is 0 Å². The molecule has 0 saturated heterocycles. The fourth-order valence-corrected chi connectivity index (χ4v) is 6.63. The number of carboxylic acids is 1. The number of rotatable bonds is 41. The molecular weight excluding hydrogens is 715 g/mol. The van der Waals surface area contributed by atoms with Crippen LogP contribution in [0.15, 0.2) is 48.6 Å². The van der Waals surface area contributed by atoms with Gasteiger partial charge in [-0.1, -0.05) is 159 Å². The molecule has 0 saturated carbocycles. The third-order valence-electron chi connectivity index (χ3n) is 10.2. The second kappa shape index (κ2) is 40.1. The lowest BCUT2D eigenvalue weighted by molar-refractivity contribution is -0.889. The van der Waals surface area contributed by atoms with Gasteiger partial charge in [0.05, 0.1) is 40.3 Å². The molecule has 0 aliphatic rings. The van der Waals surface area contributed by atoms with E-state index < -0.39 is 18.1 Å². The third-order valence-corrected chi connectivity index (χ3v) is 10.2. The van der Waals surface area contributed by atoms with E-state index in [1.807, 2.05) is 0 Å². The van der Waals surface area contributed by atoms with E-state index in [4.69, 9.17) is 14.2 Å². The van der Waals surface area contributed by atoms with Crippen LogP contribution in [-0.2, 0) is 28.6 Å². The molecule has 0 radical (unpaired) electrons. The van der Waals surface area contributed by atoms with Gasteiger partial charge in [-0.25, -0.2) is 0 Å². The van der Waals surface area contributed by atoms with Crippen molar-refractivity contribution in [2.45, 2.75) is 206 Å². The summed E-state index contributed by atoms with van der Waals surface area (Å²) in [5.74, 6) is -1.75. The molecule has 0 spiro atoms. The van der Waals surface area contributed by atoms with E-state index in [-0.39, 0.29) is 42.7 Å². The van der Waals surface area contributed by atoms with Crippen molar-refractivity contribution in [3.63, 3.8) is 0 Å². The van der Waals surface area contributed by atoms with E-state index in [0.717, 1.165) is 57.8 Å². The summed E-state index contributed by atoms with van der Waals surface area (Å²) in [4.78, 5) is 36.9. The van der Waals surface area contributed by atoms with E-state index in [1.165, 1.54) is 103 Å². The number of unbranched alkanes of at least 4 members (excludes halogenated alkanes) is 20. The number of aliphatic carboxylic acids is 1. The SMILES string of the molecule is CC/C=C/C/C=C/CCCCCCCCCC(=O)OC(COCCC(C(=O)[O-])[N+](C)(C)C)COC(=O)CCCCCCCCCCCC/C=C/C=C/CCCCC. The molecule has 0 aromatic rings. The molecular formula is C49H87NO7. The molecule has 0 aromatic carbocycles. The van der Waals surface area contributed by atoms with Crippen LogP contribution in [-0.4, -0.2) is 75.5 Å². The Balaban J connectivity index is 4.29. The summed E-state index contributed by atoms with van der Waals surface area (Å²) in [5.41, 5.74) is 0. The lowest BCUT2D eigenvalue weighted by Gasteiger charge is -2.34. The van der Waals surface area contributed by atoms with Crippen LogP contribution < -0.4 is 5.11 Å². The number of hydrogen-bond acceptors (Lipinski definition) is 7. The monoisotopic (exact) mass is 802 g/mol. The smallest absolute Gasteiger partial charge is 0.306 e. The van der Waals surface area contributed by atoms with Gasteiger partial charge in [-0.15, -0.1) is 0 Å². The minimum Gasteiger partial charge on any atom is -0.544 e. The van der Waals surface area contributed by atoms with Crippen molar-refractivity contribution in [2.24, 2.45) is 0 Å². The minimum atomic E-state index is -1.13. The summed E-state index contributed by atoms with van der Waals surface area (Å²) in [6.07, 6.45) is 47.0. The number of allylic oxidation sites excluding steroid dienone is 8. The maximum atomic E-state index is 12.7. The van der Waals surface area contributed by atoms with Crippen molar-refractivity contribution in [1.29, 1.82) is 0 Å². The molecule has 330 valence electrons. The second-order valence-corrected chi connectivity index (χ2v) is 16.6. The Morgan fingerprint density at radius 2 is 1.04 bits per heavy atom. The quantitative estimate of drug-likeness (QED) is 0.0199. The van der Waals surface area contributed by atoms with Gasteiger partial charge in [0.1, 0.15) is 12.6 Å². The average molecular weight is 802 g/mol. The van der Waals surface area contributed by atoms with Gasteiger partial charge < -0.3 is 28.6 Å². The number of hydrogen-bond donors (Lipinski definition) is 0. The molecule has 8 heteroatoms. The molecule has 0 N–H and O–H groups in total. The lowest BCUT2D eigenvalue weighted by atomic mass is 10.1. The molecule has 57 heavy (non-hydrogen) atoms. The molecule has 0 fully saturated rings. The Morgan fingerprint density at radius 1 is 0.561 bits per heavy atom. The fourth-order valence-electron chi connectivity index (χ4n) is 6.63. The Bertz CT molecular complexity index is 1070. The van der Waals surface area contributed by atoms with Gasteiger partial charge in [0, 0.05) is 19.3 Å². The van der Waals surface area contributed by atoms with Crippen LogP contribution in [0.1, 0.15) is 194 Å². The summed E-state index contributed by atoms with van der Waals surface area (Å²) in [5, 5.41) is 11.6. The van der Waals surface area contributed by atoms with Crippen LogP contribution in [0.25, 0.3) is 0 Å². The molecule has 0 aliphatic heterocycles. The van der Waals surface area contributed by atoms with E-state index in [1.54, 1.807) is 21.1 Å². The van der Waals surface area contributed by atoms with Gasteiger partial charge in [0.25, 0.3) is 0 Å². The lowest BCUT2D eigenvalue weighted by Crippen LogP contribution is -2.55. The van der Waals surface area contributed by atoms with E-state index in [0.29, 0.717) is 12.8 Å². The largest absolute Gasteiger partial charge is 0.544 e. The van der Waals surface area contributed by atoms with Crippen molar-refractivity contribution in [3.05, 3.63) is 48.6 Å². The highest BCUT2D eigenvalue weighted by Gasteiger charge is 2.25. The van der Waals surface area contributed by atoms with E-state index in [2.05, 4.69) is 62.5 Å². The summed E-state index contributed by atoms with van der Waals surface area (Å²) in [6.45, 7) is 4.52. The third kappa shape index (κ3) is 38.6. The van der Waals surface area contributed by atoms with Crippen LogP contribution in [0.3, 0.4) is 0 Å². The van der Waals surface area contributed by atoms with Crippen LogP contribution in [0.4, 0.5) is 0 Å². The first-order chi connectivity index (χ1) is 27.6. The molecule has 2 unspecified atom stereocenters. The predicted octanol–water partition coefficient (Wildman–Crippen LogP) is 11.5. The van der Waals surface area contributed by atoms with Crippen LogP contribution in [0, 0.1) is 0 Å². The van der Waals surface area contributed by atoms with Crippen molar-refractivity contribution < 1.29 is 38.2 Å². The number of carboxylic acid groups (broad SMARTS) is 1. The Labute approximate surface area is 350 Å². The molecule has 0 heterocycles. The molecule has 8 nitrogen and oxygen atoms in total. The minimum absolute atomic E-state index is 0.0362. The number of quaternary nitrogens is 1. The van der Waals surface area contributed by atoms with Gasteiger partial charge in [0.15, 0.2) is 6.10 Å². The summed E-state index contributed by atoms with van der Waals surface area (Å²) in [7, 11) is 5.40. The molecule has 0 aliphatic carbocycles. The van der Waals surface area contributed by atoms with Gasteiger partial charge in [0.2, 0.25) is 0 Å². The Kier molecular flexibility index (Phi) is 38.2. The van der Waals surface area contributed by atoms with Crippen LogP contribution in [0.5, 0.6) is 0 Å². The highest BCUT2D eigenvalue weighted by atomic mass is 16.6. The number of carbonyl (C=O) groups excluding carboxylic acids is 3. The van der Waals surface area contributed by atoms with Gasteiger partial charge in [-0.05, 0) is 64.2 Å². The average Bonchev–Trinajstić information content (AvgIpc) is 3.17. The second-order valence-electron chi connectivity index (χ2n) is 16.6. The molecule has 0 aromatic heterocycles. The summed E-state index contributed by atoms with van der Waals surface area (Å²) >= 11 is 0. The number of likely N-dealkylation sites (N-methyl/N-ethyl adjacent to an activating group) is 1. The van der Waals surface area contributed by atoms with E-state index in [9.17, 15) is 19.5 Å². The molecule has 0 rings (SSSR count). The van der Waals surface area contributed by atoms with Crippen molar-refractivity contribution in [3.8, 4) is 0 Å². The fraction of sp³-hybridized carbons (Fsp3) is 0.776. The zero-order valence-corrected chi connectivity index (χ0v) is 37.5. The predicted molar refractivity (Wildman–Crippen MR) is 236 cm³/mol. The zero-order chi connectivity index (χ0) is 42.1. The van der Waals surface area contributed by atoms with Gasteiger partial charge in [-0.2, -0.15) is 0 Å². The van der Waals surface area contributed by atoms with Gasteiger partial charge >= 0.3 is 11.9 Å². The Hall–Kier alpha value is -2.71. The standard InChI is InChI=1S/C49H87NO7/c1-6-8-10-12-14-16-18-20-22-23-24-25-26-28-29-31-33-35-37-39-47(51)56-44-45(43-55-42-41-46(49(53)54)50(3,4)5)57-48(52)40-38-36-34-32-30-27-21-19-17-15-13-11-9-7-2/h9,11,14-18,20,45-46H,6-8,10,12-13,19,21-44H2,1-5H3/b11-9+,16-14+,17-15+,20-18+. The number of esters is 2. The van der Waals surface area contributed by atoms with Crippen molar-refractivity contribution >= 4 is 17.9 Å². The van der Waals surface area contributed by atoms with Crippen LogP contribution in [0.2, 0.25) is 0 Å². The van der Waals surface area contributed by atoms with E-state index >= 15 is 0 Å². The topological polar surface area (TPSA) is 102 Å². The van der Waals surface area contributed by atoms with Crippen molar-refractivity contribution in [2.75, 3.05) is 41.0 Å². The zero-order valence-electron chi connectivity index (χ0n) is 37.5. The Morgan fingerprint density at radius 3 is 1.54 bits per heavy atom. The molecule has 0 bridgehead atoms. The number of ether oxygens (including phenoxy) is 3. The number of carbonyl (C=O) groups is 3. The first-order valence-corrected chi connectivity index (χ1v) is 23.2. The molecule has 0 amide bonds. The highest BCUT2D eigenvalue weighted by Crippen LogP contribution is 2.14. The summed E-state index contributed by atoms with van der Waals surface area (Å²) in [6, 6.07) is -0.728. The first kappa shape index (κ1) is 54.3. The first-order valence-electron chi connectivity index (χ1n) is 23.2. The summed E-state index contributed by atoms with van der Waals surface area (Å²) < 4.78 is 17.2.